The number of nitrogens with two attached hydrogens (primary N) is 1. The van der Waals surface area contributed by atoms with Gasteiger partial charge in [0.05, 0.1) is 0 Å². The Morgan fingerprint density at radius 2 is 2.31 bits per heavy atom. The van der Waals surface area contributed by atoms with Gasteiger partial charge >= 0.3 is 0 Å². The number of aromatic nitrogens is 1. The smallest absolute Gasteiger partial charge is 0.129 e. The number of hydrogen-bond donors (Lipinski definition) is 2. The van der Waals surface area contributed by atoms with E-state index in [-0.39, 0.29) is 0 Å². The summed E-state index contributed by atoms with van der Waals surface area (Å²) in [4.78, 5) is 8.37. The molecule has 68 valence electrons. The summed E-state index contributed by atoms with van der Waals surface area (Å²) in [7, 11) is 0. The number of hydrogen-bond acceptors (Lipinski definition) is 4. The first-order valence-corrected chi connectivity index (χ1v) is 4.36. The Labute approximate surface area is 76.9 Å². The molecule has 0 amide bonds. The minimum Gasteiger partial charge on any atom is -0.384 e. The first-order valence-electron chi connectivity index (χ1n) is 4.36. The number of aliphatic imine (C=N–C) groups is 1. The summed E-state index contributed by atoms with van der Waals surface area (Å²) in [5.74, 6) is 1.47. The summed E-state index contributed by atoms with van der Waals surface area (Å²) in [5.41, 5.74) is 6.49. The van der Waals surface area contributed by atoms with Crippen LogP contribution in [0.4, 0.5) is 5.82 Å². The topological polar surface area (TPSA) is 63.3 Å². The van der Waals surface area contributed by atoms with E-state index in [1.165, 1.54) is 0 Å². The van der Waals surface area contributed by atoms with E-state index in [0.29, 0.717) is 5.82 Å². The van der Waals surface area contributed by atoms with Crippen LogP contribution in [0.3, 0.4) is 0 Å². The number of nitrogens with zero attached hydrogens (tertiary/aromatic N) is 2. The Kier molecular flexibility index (Phi) is 2.12. The molecule has 0 spiro atoms. The van der Waals surface area contributed by atoms with Gasteiger partial charge in [-0.3, -0.25) is 4.99 Å². The van der Waals surface area contributed by atoms with Crippen LogP contribution in [0.1, 0.15) is 12.0 Å². The average molecular weight is 176 g/mol. The highest BCUT2D eigenvalue weighted by Crippen LogP contribution is 2.04. The SMILES string of the molecule is Nc1ccc(C2=NCCCN2)cn1. The first-order chi connectivity index (χ1) is 6.36. The maximum atomic E-state index is 5.48. The molecule has 0 fully saturated rings. The lowest BCUT2D eigenvalue weighted by Crippen LogP contribution is -2.30. The molecule has 1 aliphatic rings. The zero-order chi connectivity index (χ0) is 9.10. The predicted molar refractivity (Wildman–Crippen MR) is 52.7 cm³/mol. The van der Waals surface area contributed by atoms with Gasteiger partial charge in [0.1, 0.15) is 11.7 Å². The van der Waals surface area contributed by atoms with Gasteiger partial charge in [0, 0.05) is 24.8 Å². The second-order valence-electron chi connectivity index (χ2n) is 2.98. The van der Waals surface area contributed by atoms with Crippen molar-refractivity contribution in [2.75, 3.05) is 18.8 Å². The van der Waals surface area contributed by atoms with Crippen LogP contribution < -0.4 is 11.1 Å². The van der Waals surface area contributed by atoms with Crippen molar-refractivity contribution in [2.45, 2.75) is 6.42 Å². The van der Waals surface area contributed by atoms with Gasteiger partial charge in [-0.15, -0.1) is 0 Å². The molecular weight excluding hydrogens is 164 g/mol. The van der Waals surface area contributed by atoms with Gasteiger partial charge in [-0.1, -0.05) is 0 Å². The third kappa shape index (κ3) is 1.77. The molecule has 13 heavy (non-hydrogen) atoms. The van der Waals surface area contributed by atoms with Crippen LogP contribution in [0, 0.1) is 0 Å². The molecule has 3 N–H and O–H groups in total. The van der Waals surface area contributed by atoms with Crippen molar-refractivity contribution in [3.05, 3.63) is 23.9 Å². The van der Waals surface area contributed by atoms with Crippen LogP contribution >= 0.6 is 0 Å². The lowest BCUT2D eigenvalue weighted by Gasteiger charge is -2.13. The van der Waals surface area contributed by atoms with Gasteiger partial charge in [-0.25, -0.2) is 4.98 Å². The minimum absolute atomic E-state index is 0.542. The Hall–Kier alpha value is -1.58. The van der Waals surface area contributed by atoms with Crippen LogP contribution in [-0.2, 0) is 0 Å². The molecule has 0 radical (unpaired) electrons. The molecule has 1 aromatic heterocycles. The lowest BCUT2D eigenvalue weighted by molar-refractivity contribution is 0.742. The van der Waals surface area contributed by atoms with Crippen LogP contribution in [0.15, 0.2) is 23.3 Å². The number of nitrogen functional groups attached to an aromatic ring is 1. The molecule has 4 nitrogen and oxygen atoms in total. The van der Waals surface area contributed by atoms with Crippen LogP contribution in [0.25, 0.3) is 0 Å². The van der Waals surface area contributed by atoms with E-state index in [4.69, 9.17) is 5.73 Å². The molecule has 0 bridgehead atoms. The van der Waals surface area contributed by atoms with Crippen LogP contribution in [0.5, 0.6) is 0 Å². The molecular formula is C9H12N4. The Balaban J connectivity index is 2.24. The van der Waals surface area contributed by atoms with Crippen LogP contribution in [-0.4, -0.2) is 23.9 Å². The van der Waals surface area contributed by atoms with Gasteiger partial charge in [-0.2, -0.15) is 0 Å². The van der Waals surface area contributed by atoms with E-state index < -0.39 is 0 Å². The van der Waals surface area contributed by atoms with E-state index in [1.807, 2.05) is 6.07 Å². The first kappa shape index (κ1) is 8.04. The summed E-state index contributed by atoms with van der Waals surface area (Å²) >= 11 is 0. The predicted octanol–water partition coefficient (Wildman–Crippen LogP) is 0.404. The fourth-order valence-electron chi connectivity index (χ4n) is 1.27. The van der Waals surface area contributed by atoms with Gasteiger partial charge in [0.2, 0.25) is 0 Å². The fourth-order valence-corrected chi connectivity index (χ4v) is 1.27. The van der Waals surface area contributed by atoms with Gasteiger partial charge < -0.3 is 11.1 Å². The molecule has 2 heterocycles. The number of anilines is 1. The minimum atomic E-state index is 0.542. The number of rotatable bonds is 1. The Morgan fingerprint density at radius 3 is 2.92 bits per heavy atom. The normalized spacial score (nSPS) is 16.2. The third-order valence-corrected chi connectivity index (χ3v) is 1.96. The van der Waals surface area contributed by atoms with Crippen molar-refractivity contribution in [1.82, 2.24) is 10.3 Å². The highest BCUT2D eigenvalue weighted by molar-refractivity contribution is 5.98. The Bertz CT molecular complexity index is 315. The lowest BCUT2D eigenvalue weighted by atomic mass is 10.2. The number of amidine groups is 1. The van der Waals surface area contributed by atoms with Gasteiger partial charge in [-0.05, 0) is 18.6 Å². The average Bonchev–Trinajstić information content (AvgIpc) is 2.20. The summed E-state index contributed by atoms with van der Waals surface area (Å²) in [5, 5.41) is 3.22. The Morgan fingerprint density at radius 1 is 1.38 bits per heavy atom. The van der Waals surface area contributed by atoms with E-state index in [1.54, 1.807) is 12.3 Å². The summed E-state index contributed by atoms with van der Waals surface area (Å²) < 4.78 is 0. The standard InChI is InChI=1S/C9H12N4/c10-8-3-2-7(6-13-8)9-11-4-1-5-12-9/h2-3,6H,1,4-5H2,(H2,10,13)(H,11,12). The van der Waals surface area contributed by atoms with Gasteiger partial charge in [0.25, 0.3) is 0 Å². The second kappa shape index (κ2) is 3.43. The van der Waals surface area contributed by atoms with Crippen LogP contribution in [0.2, 0.25) is 0 Å². The molecule has 0 unspecified atom stereocenters. The van der Waals surface area contributed by atoms with Crippen molar-refractivity contribution in [1.29, 1.82) is 0 Å². The summed E-state index contributed by atoms with van der Waals surface area (Å²) in [6.07, 6.45) is 2.85. The van der Waals surface area contributed by atoms with Gasteiger partial charge in [0.15, 0.2) is 0 Å². The largest absolute Gasteiger partial charge is 0.384 e. The van der Waals surface area contributed by atoms with Crippen molar-refractivity contribution >= 4 is 11.7 Å². The number of pyridine rings is 1. The van der Waals surface area contributed by atoms with Crippen molar-refractivity contribution < 1.29 is 0 Å². The molecule has 1 aliphatic heterocycles. The van der Waals surface area contributed by atoms with E-state index >= 15 is 0 Å². The highest BCUT2D eigenvalue weighted by atomic mass is 15.0. The molecule has 0 saturated carbocycles. The van der Waals surface area contributed by atoms with E-state index in [9.17, 15) is 0 Å². The maximum Gasteiger partial charge on any atom is 0.129 e. The monoisotopic (exact) mass is 176 g/mol. The summed E-state index contributed by atoms with van der Waals surface area (Å²) in [6.45, 7) is 1.88. The molecule has 4 heteroatoms. The molecule has 1 aromatic rings. The molecule has 0 aliphatic carbocycles. The maximum absolute atomic E-state index is 5.48. The summed E-state index contributed by atoms with van der Waals surface area (Å²) in [6, 6.07) is 3.72. The fraction of sp³-hybridized carbons (Fsp3) is 0.333. The quantitative estimate of drug-likeness (QED) is 0.651. The second-order valence-corrected chi connectivity index (χ2v) is 2.98. The zero-order valence-electron chi connectivity index (χ0n) is 7.33. The van der Waals surface area contributed by atoms with Crippen molar-refractivity contribution in [3.8, 4) is 0 Å². The molecule has 0 atom stereocenters. The van der Waals surface area contributed by atoms with E-state index in [2.05, 4.69) is 15.3 Å². The molecule has 0 aromatic carbocycles. The van der Waals surface area contributed by atoms with E-state index in [0.717, 1.165) is 30.9 Å². The van der Waals surface area contributed by atoms with Crippen molar-refractivity contribution in [2.24, 2.45) is 4.99 Å². The zero-order valence-corrected chi connectivity index (χ0v) is 7.33. The molecule has 0 saturated heterocycles. The number of nitrogens with one attached hydrogen (secondary N) is 1. The molecule has 2 rings (SSSR count). The highest BCUT2D eigenvalue weighted by Gasteiger charge is 2.06. The third-order valence-electron chi connectivity index (χ3n) is 1.96. The van der Waals surface area contributed by atoms with Crippen molar-refractivity contribution in [3.63, 3.8) is 0 Å².